The van der Waals surface area contributed by atoms with E-state index in [-0.39, 0.29) is 6.61 Å². The molecule has 0 bridgehead atoms. The quantitative estimate of drug-likeness (QED) is 0.702. The van der Waals surface area contributed by atoms with Gasteiger partial charge in [-0.3, -0.25) is 4.90 Å². The molecule has 0 fully saturated rings. The van der Waals surface area contributed by atoms with Crippen LogP contribution in [0.1, 0.15) is 37.7 Å². The van der Waals surface area contributed by atoms with Crippen LogP contribution in [0.4, 0.5) is 0 Å². The number of aliphatic hydroxyl groups excluding tert-OH is 1. The normalized spacial score (nSPS) is 10.7. The topological polar surface area (TPSA) is 60.4 Å². The Labute approximate surface area is 102 Å². The van der Waals surface area contributed by atoms with E-state index in [0.717, 1.165) is 18.7 Å². The highest BCUT2D eigenvalue weighted by Crippen LogP contribution is 2.10. The zero-order valence-electron chi connectivity index (χ0n) is 10.4. The average Bonchev–Trinajstić information content (AvgIpc) is 2.77. The predicted octanol–water partition coefficient (Wildman–Crippen LogP) is 2.14. The molecule has 1 N–H and O–H groups in total. The van der Waals surface area contributed by atoms with Gasteiger partial charge in [-0.05, 0) is 25.1 Å². The number of unbranched alkanes of at least 4 members (excludes halogenated alkanes) is 2. The van der Waals surface area contributed by atoms with Gasteiger partial charge in [0, 0.05) is 6.54 Å². The molecule has 17 heavy (non-hydrogen) atoms. The fourth-order valence-electron chi connectivity index (χ4n) is 1.74. The minimum Gasteiger partial charge on any atom is -0.449 e. The molecule has 0 aliphatic heterocycles. The van der Waals surface area contributed by atoms with E-state index in [1.54, 1.807) is 6.07 Å². The maximum absolute atomic E-state index is 9.00. The van der Waals surface area contributed by atoms with Crippen LogP contribution in [0.3, 0.4) is 0 Å². The van der Waals surface area contributed by atoms with Gasteiger partial charge in [-0.15, -0.1) is 0 Å². The van der Waals surface area contributed by atoms with Crippen LogP contribution < -0.4 is 0 Å². The van der Waals surface area contributed by atoms with E-state index in [1.807, 2.05) is 12.1 Å². The Hall–Kier alpha value is -1.31. The summed E-state index contributed by atoms with van der Waals surface area (Å²) in [5.41, 5.74) is 0. The SMILES string of the molecule is CCCCCN(CCO)Cc1ccc(C#N)o1. The summed E-state index contributed by atoms with van der Waals surface area (Å²) in [6.45, 7) is 4.58. The first kappa shape index (κ1) is 13.8. The standard InChI is InChI=1S/C13H20N2O2/c1-2-3-4-7-15(8-9-16)11-13-6-5-12(10-14)17-13/h5-6,16H,2-4,7-9,11H2,1H3. The molecule has 4 heteroatoms. The Morgan fingerprint density at radius 3 is 2.76 bits per heavy atom. The molecule has 0 aromatic carbocycles. The van der Waals surface area contributed by atoms with Crippen molar-refractivity contribution in [1.82, 2.24) is 4.90 Å². The van der Waals surface area contributed by atoms with Crippen LogP contribution in [0.25, 0.3) is 0 Å². The highest BCUT2D eigenvalue weighted by Gasteiger charge is 2.08. The van der Waals surface area contributed by atoms with E-state index < -0.39 is 0 Å². The molecule has 0 atom stereocenters. The molecule has 0 saturated heterocycles. The van der Waals surface area contributed by atoms with Crippen molar-refractivity contribution in [2.75, 3.05) is 19.7 Å². The van der Waals surface area contributed by atoms with Crippen LogP contribution in [0.5, 0.6) is 0 Å². The van der Waals surface area contributed by atoms with Crippen LogP contribution >= 0.6 is 0 Å². The number of hydrogen-bond donors (Lipinski definition) is 1. The third-order valence-electron chi connectivity index (χ3n) is 2.65. The van der Waals surface area contributed by atoms with Crippen LogP contribution in [0, 0.1) is 11.3 Å². The molecular weight excluding hydrogens is 216 g/mol. The second kappa shape index (κ2) is 7.88. The second-order valence-electron chi connectivity index (χ2n) is 4.08. The van der Waals surface area contributed by atoms with E-state index in [2.05, 4.69) is 11.8 Å². The summed E-state index contributed by atoms with van der Waals surface area (Å²) in [4.78, 5) is 2.15. The van der Waals surface area contributed by atoms with Crippen molar-refractivity contribution in [1.29, 1.82) is 5.26 Å². The van der Waals surface area contributed by atoms with Gasteiger partial charge in [0.25, 0.3) is 0 Å². The summed E-state index contributed by atoms with van der Waals surface area (Å²) >= 11 is 0. The third kappa shape index (κ3) is 5.03. The van der Waals surface area contributed by atoms with Gasteiger partial charge in [0.1, 0.15) is 11.8 Å². The van der Waals surface area contributed by atoms with Crippen molar-refractivity contribution in [3.63, 3.8) is 0 Å². The maximum atomic E-state index is 9.00. The van der Waals surface area contributed by atoms with Crippen molar-refractivity contribution in [3.05, 3.63) is 23.7 Å². The molecule has 1 aromatic heterocycles. The van der Waals surface area contributed by atoms with E-state index in [0.29, 0.717) is 18.8 Å². The molecule has 94 valence electrons. The van der Waals surface area contributed by atoms with Crippen LogP contribution in [-0.4, -0.2) is 29.7 Å². The molecule has 0 aliphatic carbocycles. The lowest BCUT2D eigenvalue weighted by molar-refractivity contribution is 0.178. The fraction of sp³-hybridized carbons (Fsp3) is 0.615. The molecule has 0 radical (unpaired) electrons. The minimum atomic E-state index is 0.151. The van der Waals surface area contributed by atoms with Gasteiger partial charge in [0.15, 0.2) is 0 Å². The number of furan rings is 1. The first-order chi connectivity index (χ1) is 8.30. The Balaban J connectivity index is 2.45. The van der Waals surface area contributed by atoms with Crippen LogP contribution in [-0.2, 0) is 6.54 Å². The average molecular weight is 236 g/mol. The molecular formula is C13H20N2O2. The van der Waals surface area contributed by atoms with Gasteiger partial charge in [0.2, 0.25) is 5.76 Å². The Bertz CT molecular complexity index is 355. The molecule has 1 rings (SSSR count). The third-order valence-corrected chi connectivity index (χ3v) is 2.65. The second-order valence-corrected chi connectivity index (χ2v) is 4.08. The van der Waals surface area contributed by atoms with Crippen LogP contribution in [0.2, 0.25) is 0 Å². The first-order valence-electron chi connectivity index (χ1n) is 6.12. The highest BCUT2D eigenvalue weighted by molar-refractivity contribution is 5.18. The van der Waals surface area contributed by atoms with E-state index in [1.165, 1.54) is 12.8 Å². The van der Waals surface area contributed by atoms with Gasteiger partial charge in [-0.2, -0.15) is 5.26 Å². The summed E-state index contributed by atoms with van der Waals surface area (Å²) in [5.74, 6) is 1.13. The van der Waals surface area contributed by atoms with E-state index >= 15 is 0 Å². The Morgan fingerprint density at radius 2 is 2.18 bits per heavy atom. The van der Waals surface area contributed by atoms with Gasteiger partial charge in [0.05, 0.1) is 13.2 Å². The van der Waals surface area contributed by atoms with Crippen molar-refractivity contribution in [2.45, 2.75) is 32.7 Å². The molecule has 1 heterocycles. The summed E-state index contributed by atoms with van der Waals surface area (Å²) in [6, 6.07) is 5.47. The number of hydrogen-bond acceptors (Lipinski definition) is 4. The molecule has 0 aliphatic rings. The van der Waals surface area contributed by atoms with Crippen molar-refractivity contribution >= 4 is 0 Å². The molecule has 0 amide bonds. The number of nitrogens with zero attached hydrogens (tertiary/aromatic N) is 2. The molecule has 0 spiro atoms. The van der Waals surface area contributed by atoms with Crippen molar-refractivity contribution < 1.29 is 9.52 Å². The van der Waals surface area contributed by atoms with Crippen molar-refractivity contribution in [2.24, 2.45) is 0 Å². The van der Waals surface area contributed by atoms with E-state index in [9.17, 15) is 0 Å². The highest BCUT2D eigenvalue weighted by atomic mass is 16.3. The smallest absolute Gasteiger partial charge is 0.203 e. The number of rotatable bonds is 8. The number of nitriles is 1. The fourth-order valence-corrected chi connectivity index (χ4v) is 1.74. The summed E-state index contributed by atoms with van der Waals surface area (Å²) in [7, 11) is 0. The monoisotopic (exact) mass is 236 g/mol. The Kier molecular flexibility index (Phi) is 6.38. The lowest BCUT2D eigenvalue weighted by Gasteiger charge is -2.19. The predicted molar refractivity (Wildman–Crippen MR) is 65.3 cm³/mol. The lowest BCUT2D eigenvalue weighted by atomic mass is 10.2. The van der Waals surface area contributed by atoms with Gasteiger partial charge >= 0.3 is 0 Å². The summed E-state index contributed by atoms with van der Waals surface area (Å²) in [6.07, 6.45) is 3.51. The maximum Gasteiger partial charge on any atom is 0.203 e. The van der Waals surface area contributed by atoms with Gasteiger partial charge < -0.3 is 9.52 Å². The van der Waals surface area contributed by atoms with Gasteiger partial charge in [-0.1, -0.05) is 19.8 Å². The zero-order chi connectivity index (χ0) is 12.5. The molecule has 0 saturated carbocycles. The largest absolute Gasteiger partial charge is 0.449 e. The first-order valence-corrected chi connectivity index (χ1v) is 6.12. The lowest BCUT2D eigenvalue weighted by Crippen LogP contribution is -2.27. The number of aliphatic hydroxyl groups is 1. The Morgan fingerprint density at radius 1 is 1.35 bits per heavy atom. The van der Waals surface area contributed by atoms with Crippen LogP contribution in [0.15, 0.2) is 16.5 Å². The summed E-state index contributed by atoms with van der Waals surface area (Å²) in [5, 5.41) is 17.7. The van der Waals surface area contributed by atoms with Crippen molar-refractivity contribution in [3.8, 4) is 6.07 Å². The summed E-state index contributed by atoms with van der Waals surface area (Å²) < 4.78 is 5.33. The van der Waals surface area contributed by atoms with E-state index in [4.69, 9.17) is 14.8 Å². The molecule has 1 aromatic rings. The molecule has 0 unspecified atom stereocenters. The zero-order valence-corrected chi connectivity index (χ0v) is 10.4. The molecule has 4 nitrogen and oxygen atoms in total. The minimum absolute atomic E-state index is 0.151. The van der Waals surface area contributed by atoms with Gasteiger partial charge in [-0.25, -0.2) is 0 Å².